The SMILES string of the molecule is O=S(=O)(NCCCC(F)(F)F)c1nnc(-c2ccccc2)s1. The lowest BCUT2D eigenvalue weighted by atomic mass is 10.2. The fourth-order valence-electron chi connectivity index (χ4n) is 1.57. The number of nitrogens with zero attached hydrogens (tertiary/aromatic N) is 2. The molecule has 1 aromatic heterocycles. The lowest BCUT2D eigenvalue weighted by Gasteiger charge is -2.06. The van der Waals surface area contributed by atoms with Gasteiger partial charge in [0.25, 0.3) is 10.0 Å². The van der Waals surface area contributed by atoms with Crippen LogP contribution in [-0.4, -0.2) is 31.3 Å². The molecule has 1 heterocycles. The molecule has 0 aliphatic rings. The van der Waals surface area contributed by atoms with E-state index in [-0.39, 0.29) is 17.3 Å². The monoisotopic (exact) mass is 351 g/mol. The van der Waals surface area contributed by atoms with Crippen LogP contribution in [-0.2, 0) is 10.0 Å². The van der Waals surface area contributed by atoms with E-state index < -0.39 is 22.6 Å². The third-order valence-electron chi connectivity index (χ3n) is 2.59. The molecule has 2 rings (SSSR count). The van der Waals surface area contributed by atoms with Crippen molar-refractivity contribution in [3.63, 3.8) is 0 Å². The van der Waals surface area contributed by atoms with Gasteiger partial charge in [0.1, 0.15) is 5.01 Å². The smallest absolute Gasteiger partial charge is 0.209 e. The van der Waals surface area contributed by atoms with Crippen LogP contribution < -0.4 is 4.72 Å². The van der Waals surface area contributed by atoms with Crippen molar-refractivity contribution >= 4 is 21.4 Å². The third kappa shape index (κ3) is 4.75. The quantitative estimate of drug-likeness (QED) is 0.813. The minimum absolute atomic E-state index is 0.265. The summed E-state index contributed by atoms with van der Waals surface area (Å²) in [6.45, 7) is -0.303. The number of rotatable bonds is 6. The number of aromatic nitrogens is 2. The summed E-state index contributed by atoms with van der Waals surface area (Å²) in [6, 6.07) is 8.88. The van der Waals surface area contributed by atoms with E-state index in [0.29, 0.717) is 5.01 Å². The van der Waals surface area contributed by atoms with Gasteiger partial charge < -0.3 is 0 Å². The Kier molecular flexibility index (Phi) is 5.14. The van der Waals surface area contributed by atoms with Crippen molar-refractivity contribution in [2.75, 3.05) is 6.54 Å². The molecular weight excluding hydrogens is 339 g/mol. The highest BCUT2D eigenvalue weighted by Gasteiger charge is 2.27. The van der Waals surface area contributed by atoms with E-state index in [0.717, 1.165) is 16.9 Å². The molecule has 22 heavy (non-hydrogen) atoms. The molecule has 0 aliphatic heterocycles. The molecule has 120 valence electrons. The van der Waals surface area contributed by atoms with Crippen molar-refractivity contribution in [1.82, 2.24) is 14.9 Å². The van der Waals surface area contributed by atoms with Crippen LogP contribution >= 0.6 is 11.3 Å². The highest BCUT2D eigenvalue weighted by molar-refractivity contribution is 7.91. The molecular formula is C12H12F3N3O2S2. The maximum atomic E-state index is 12.0. The van der Waals surface area contributed by atoms with Gasteiger partial charge in [0.05, 0.1) is 0 Å². The molecule has 0 spiro atoms. The highest BCUT2D eigenvalue weighted by Crippen LogP contribution is 2.25. The minimum atomic E-state index is -4.30. The van der Waals surface area contributed by atoms with Gasteiger partial charge in [0.15, 0.2) is 0 Å². The minimum Gasteiger partial charge on any atom is -0.209 e. The number of alkyl halides is 3. The van der Waals surface area contributed by atoms with Gasteiger partial charge >= 0.3 is 6.18 Å². The topological polar surface area (TPSA) is 72.0 Å². The predicted octanol–water partition coefficient (Wildman–Crippen LogP) is 2.83. The van der Waals surface area contributed by atoms with E-state index in [4.69, 9.17) is 0 Å². The van der Waals surface area contributed by atoms with Crippen LogP contribution in [0.2, 0.25) is 0 Å². The Bertz CT molecular complexity index is 715. The Labute approximate surface area is 129 Å². The Balaban J connectivity index is 2.00. The Hall–Kier alpha value is -1.52. The van der Waals surface area contributed by atoms with E-state index in [1.165, 1.54) is 0 Å². The van der Waals surface area contributed by atoms with Gasteiger partial charge in [0, 0.05) is 18.5 Å². The first-order valence-electron chi connectivity index (χ1n) is 6.23. The first kappa shape index (κ1) is 16.8. The van der Waals surface area contributed by atoms with Crippen LogP contribution in [0.15, 0.2) is 34.7 Å². The maximum Gasteiger partial charge on any atom is 0.389 e. The van der Waals surface area contributed by atoms with E-state index in [9.17, 15) is 21.6 Å². The maximum absolute atomic E-state index is 12.0. The number of hydrogen-bond acceptors (Lipinski definition) is 5. The molecule has 0 saturated heterocycles. The van der Waals surface area contributed by atoms with Gasteiger partial charge in [-0.15, -0.1) is 10.2 Å². The average molecular weight is 351 g/mol. The van der Waals surface area contributed by atoms with Gasteiger partial charge in [-0.1, -0.05) is 41.7 Å². The fraction of sp³-hybridized carbons (Fsp3) is 0.333. The van der Waals surface area contributed by atoms with Gasteiger partial charge in [-0.25, -0.2) is 13.1 Å². The zero-order chi connectivity index (χ0) is 16.2. The molecule has 0 saturated carbocycles. The van der Waals surface area contributed by atoms with E-state index >= 15 is 0 Å². The van der Waals surface area contributed by atoms with Crippen LogP contribution in [0.4, 0.5) is 13.2 Å². The second-order valence-corrected chi connectivity index (χ2v) is 7.27. The number of halogens is 3. The molecule has 2 aromatic rings. The van der Waals surface area contributed by atoms with Crippen LogP contribution in [0, 0.1) is 0 Å². The van der Waals surface area contributed by atoms with E-state index in [1.54, 1.807) is 24.3 Å². The summed E-state index contributed by atoms with van der Waals surface area (Å²) in [4.78, 5) is 0. The van der Waals surface area contributed by atoms with Gasteiger partial charge in [-0.3, -0.25) is 0 Å². The van der Waals surface area contributed by atoms with Gasteiger partial charge in [0.2, 0.25) is 4.34 Å². The van der Waals surface area contributed by atoms with Gasteiger partial charge in [-0.05, 0) is 6.42 Å². The predicted molar refractivity (Wildman–Crippen MR) is 75.8 cm³/mol. The molecule has 0 unspecified atom stereocenters. The molecule has 0 amide bonds. The highest BCUT2D eigenvalue weighted by atomic mass is 32.2. The third-order valence-corrected chi connectivity index (χ3v) is 5.39. The van der Waals surface area contributed by atoms with Crippen molar-refractivity contribution in [3.05, 3.63) is 30.3 Å². The van der Waals surface area contributed by atoms with Crippen LogP contribution in [0.5, 0.6) is 0 Å². The molecule has 10 heteroatoms. The Morgan fingerprint density at radius 1 is 1.14 bits per heavy atom. The summed E-state index contributed by atoms with van der Waals surface area (Å²) in [7, 11) is -3.94. The largest absolute Gasteiger partial charge is 0.389 e. The molecule has 0 atom stereocenters. The lowest BCUT2D eigenvalue weighted by molar-refractivity contribution is -0.135. The molecule has 5 nitrogen and oxygen atoms in total. The van der Waals surface area contributed by atoms with Crippen molar-refractivity contribution in [2.24, 2.45) is 0 Å². The van der Waals surface area contributed by atoms with E-state index in [1.807, 2.05) is 6.07 Å². The normalized spacial score (nSPS) is 12.5. The molecule has 0 bridgehead atoms. The Morgan fingerprint density at radius 3 is 2.45 bits per heavy atom. The first-order chi connectivity index (χ1) is 10.3. The van der Waals surface area contributed by atoms with Crippen molar-refractivity contribution in [1.29, 1.82) is 0 Å². The summed E-state index contributed by atoms with van der Waals surface area (Å²) in [5, 5.41) is 7.80. The molecule has 0 aliphatic carbocycles. The molecule has 1 N–H and O–H groups in total. The fourth-order valence-corrected chi connectivity index (χ4v) is 3.69. The van der Waals surface area contributed by atoms with Crippen molar-refractivity contribution in [3.8, 4) is 10.6 Å². The zero-order valence-electron chi connectivity index (χ0n) is 11.2. The second-order valence-electron chi connectivity index (χ2n) is 4.36. The first-order valence-corrected chi connectivity index (χ1v) is 8.53. The summed E-state index contributed by atoms with van der Waals surface area (Å²) in [5.41, 5.74) is 0.721. The number of nitrogens with one attached hydrogen (secondary N) is 1. The molecule has 0 radical (unpaired) electrons. The Morgan fingerprint density at radius 2 is 1.82 bits per heavy atom. The summed E-state index contributed by atoms with van der Waals surface area (Å²) < 4.78 is 61.6. The van der Waals surface area contributed by atoms with Crippen LogP contribution in [0.3, 0.4) is 0 Å². The number of benzene rings is 1. The standard InChI is InChI=1S/C12H12F3N3O2S2/c13-12(14,15)7-4-8-16-22(19,20)11-18-17-10(21-11)9-5-2-1-3-6-9/h1-3,5-6,16H,4,7-8H2. The summed E-state index contributed by atoms with van der Waals surface area (Å²) >= 11 is 0.862. The van der Waals surface area contributed by atoms with Crippen LogP contribution in [0.25, 0.3) is 10.6 Å². The molecule has 0 fully saturated rings. The number of hydrogen-bond donors (Lipinski definition) is 1. The summed E-state index contributed by atoms with van der Waals surface area (Å²) in [5.74, 6) is 0. The number of sulfonamides is 1. The second kappa shape index (κ2) is 6.71. The average Bonchev–Trinajstić information content (AvgIpc) is 2.94. The summed E-state index contributed by atoms with van der Waals surface area (Å²) in [6.07, 6.45) is -5.66. The van der Waals surface area contributed by atoms with E-state index in [2.05, 4.69) is 14.9 Å². The van der Waals surface area contributed by atoms with Crippen molar-refractivity contribution in [2.45, 2.75) is 23.4 Å². The van der Waals surface area contributed by atoms with Crippen molar-refractivity contribution < 1.29 is 21.6 Å². The van der Waals surface area contributed by atoms with Gasteiger partial charge in [-0.2, -0.15) is 13.2 Å². The zero-order valence-corrected chi connectivity index (χ0v) is 12.8. The van der Waals surface area contributed by atoms with Crippen LogP contribution in [0.1, 0.15) is 12.8 Å². The molecule has 1 aromatic carbocycles. The lowest BCUT2D eigenvalue weighted by Crippen LogP contribution is -2.25.